The Morgan fingerprint density at radius 3 is 1.78 bits per heavy atom. The average Bonchev–Trinajstić information content (AvgIpc) is 2.89. The first-order valence-corrected chi connectivity index (χ1v) is 12.6. The molecule has 0 N–H and O–H groups in total. The Hall–Kier alpha value is -2.99. The minimum Gasteiger partial charge on any atom is -0.348 e. The van der Waals surface area contributed by atoms with Crippen molar-refractivity contribution in [2.24, 2.45) is 11.8 Å². The van der Waals surface area contributed by atoms with Crippen LogP contribution in [-0.2, 0) is 4.79 Å². The first-order valence-electron chi connectivity index (χ1n) is 11.8. The Bertz CT molecular complexity index is 1190. The van der Waals surface area contributed by atoms with E-state index in [1.807, 2.05) is 41.3 Å². The molecule has 1 aliphatic rings. The first-order chi connectivity index (χ1) is 17.3. The predicted octanol–water partition coefficient (Wildman–Crippen LogP) is 5.48. The van der Waals surface area contributed by atoms with Gasteiger partial charge in [-0.1, -0.05) is 83.9 Å². The van der Waals surface area contributed by atoms with Gasteiger partial charge in [0.25, 0.3) is 0 Å². The molecule has 3 aromatic rings. The number of likely N-dealkylation sites (tertiary alicyclic amines) is 1. The van der Waals surface area contributed by atoms with Gasteiger partial charge in [0.05, 0.1) is 6.54 Å². The lowest BCUT2D eigenvalue weighted by molar-refractivity contribution is -0.130. The second kappa shape index (κ2) is 11.4. The van der Waals surface area contributed by atoms with E-state index < -0.39 is 17.8 Å². The molecule has 1 heterocycles. The van der Waals surface area contributed by atoms with Crippen LogP contribution in [0.15, 0.2) is 78.9 Å². The molecule has 5 nitrogen and oxygen atoms in total. The van der Waals surface area contributed by atoms with Crippen LogP contribution >= 0.6 is 23.2 Å². The quantitative estimate of drug-likeness (QED) is 0.385. The van der Waals surface area contributed by atoms with E-state index in [2.05, 4.69) is 0 Å². The number of hydrogen-bond acceptors (Lipinski definition) is 4. The Morgan fingerprint density at radius 1 is 0.806 bits per heavy atom. The topological polar surface area (TPSA) is 57.7 Å². The lowest BCUT2D eigenvalue weighted by Gasteiger charge is -2.43. The van der Waals surface area contributed by atoms with Crippen molar-refractivity contribution in [1.29, 1.82) is 0 Å². The van der Waals surface area contributed by atoms with Crippen LogP contribution in [-0.4, -0.2) is 61.0 Å². The van der Waals surface area contributed by atoms with Crippen LogP contribution in [0.5, 0.6) is 0 Å². The molecule has 4 rings (SSSR count). The second-order valence-corrected chi connectivity index (χ2v) is 10.2. The Labute approximate surface area is 221 Å². The number of amides is 1. The first kappa shape index (κ1) is 26.1. The smallest absolute Gasteiger partial charge is 0.236 e. The van der Waals surface area contributed by atoms with Gasteiger partial charge in [0.2, 0.25) is 5.91 Å². The van der Waals surface area contributed by atoms with Gasteiger partial charge in [-0.15, -0.1) is 0 Å². The van der Waals surface area contributed by atoms with Crippen LogP contribution in [0.1, 0.15) is 32.2 Å². The van der Waals surface area contributed by atoms with E-state index in [9.17, 15) is 14.4 Å². The highest BCUT2D eigenvalue weighted by Gasteiger charge is 2.46. The third kappa shape index (κ3) is 5.70. The number of halogens is 2. The fourth-order valence-electron chi connectivity index (χ4n) is 4.93. The standard InChI is InChI=1S/C29H28Cl2N2O3/c1-32(2)26(34)18-33-16-23(28(35)19-9-5-3-6-10-19)27(22-15-21(30)13-14-25(22)31)24(17-33)29(36)20-11-7-4-8-12-20/h3-15,23-24,27H,16-18H2,1-2H3/t23-,24-/m0/s1. The van der Waals surface area contributed by atoms with Gasteiger partial charge in [-0.2, -0.15) is 0 Å². The van der Waals surface area contributed by atoms with Crippen molar-refractivity contribution >= 4 is 40.7 Å². The monoisotopic (exact) mass is 522 g/mol. The van der Waals surface area contributed by atoms with Gasteiger partial charge in [0, 0.05) is 66.1 Å². The molecule has 1 saturated heterocycles. The number of nitrogens with zero attached hydrogens (tertiary/aromatic N) is 2. The van der Waals surface area contributed by atoms with E-state index in [0.29, 0.717) is 39.8 Å². The molecule has 3 aromatic carbocycles. The van der Waals surface area contributed by atoms with Gasteiger partial charge >= 0.3 is 0 Å². The van der Waals surface area contributed by atoms with E-state index in [1.165, 1.54) is 4.90 Å². The van der Waals surface area contributed by atoms with Crippen molar-refractivity contribution < 1.29 is 14.4 Å². The number of carbonyl (C=O) groups excluding carboxylic acids is 3. The van der Waals surface area contributed by atoms with Gasteiger partial charge in [-0.25, -0.2) is 0 Å². The van der Waals surface area contributed by atoms with Crippen LogP contribution in [0.3, 0.4) is 0 Å². The number of benzene rings is 3. The normalized spacial score (nSPS) is 18.6. The minimum atomic E-state index is -0.607. The van der Waals surface area contributed by atoms with Crippen LogP contribution < -0.4 is 0 Å². The molecule has 7 heteroatoms. The summed E-state index contributed by atoms with van der Waals surface area (Å²) in [6.45, 7) is 0.749. The van der Waals surface area contributed by atoms with Crippen LogP contribution in [0.25, 0.3) is 0 Å². The maximum absolute atomic E-state index is 13.9. The zero-order valence-corrected chi connectivity index (χ0v) is 21.7. The Balaban J connectivity index is 1.84. The fraction of sp³-hybridized carbons (Fsp3) is 0.276. The van der Waals surface area contributed by atoms with Crippen molar-refractivity contribution in [1.82, 2.24) is 9.80 Å². The minimum absolute atomic E-state index is 0.0916. The molecule has 0 spiro atoms. The molecule has 1 fully saturated rings. The third-order valence-corrected chi connectivity index (χ3v) is 7.32. The summed E-state index contributed by atoms with van der Waals surface area (Å²) >= 11 is 13.0. The average molecular weight is 523 g/mol. The lowest BCUT2D eigenvalue weighted by Crippen LogP contribution is -2.52. The number of likely N-dealkylation sites (N-methyl/N-ethyl adjacent to an activating group) is 1. The molecule has 0 saturated carbocycles. The molecule has 186 valence electrons. The molecule has 0 radical (unpaired) electrons. The highest BCUT2D eigenvalue weighted by atomic mass is 35.5. The molecule has 1 amide bonds. The number of hydrogen-bond donors (Lipinski definition) is 0. The summed E-state index contributed by atoms with van der Waals surface area (Å²) in [6, 6.07) is 23.2. The fourth-order valence-corrected chi connectivity index (χ4v) is 5.35. The van der Waals surface area contributed by atoms with Crippen LogP contribution in [0.4, 0.5) is 0 Å². The van der Waals surface area contributed by atoms with Gasteiger partial charge in [-0.3, -0.25) is 19.3 Å². The van der Waals surface area contributed by atoms with Crippen molar-refractivity contribution in [3.05, 3.63) is 106 Å². The zero-order chi connectivity index (χ0) is 25.8. The van der Waals surface area contributed by atoms with Crippen molar-refractivity contribution in [2.45, 2.75) is 5.92 Å². The van der Waals surface area contributed by atoms with Gasteiger partial charge < -0.3 is 4.90 Å². The molecule has 0 unspecified atom stereocenters. The molecular formula is C29H28Cl2N2O3. The molecule has 0 aromatic heterocycles. The molecule has 1 aliphatic heterocycles. The summed E-state index contributed by atoms with van der Waals surface area (Å²) < 4.78 is 0. The lowest BCUT2D eigenvalue weighted by atomic mass is 9.68. The largest absolute Gasteiger partial charge is 0.348 e. The molecule has 2 atom stereocenters. The molecule has 0 bridgehead atoms. The van der Waals surface area contributed by atoms with Crippen molar-refractivity contribution in [3.8, 4) is 0 Å². The summed E-state index contributed by atoms with van der Waals surface area (Å²) in [5.74, 6) is -2.00. The summed E-state index contributed by atoms with van der Waals surface area (Å²) in [5, 5.41) is 0.940. The van der Waals surface area contributed by atoms with E-state index in [-0.39, 0.29) is 24.0 Å². The summed E-state index contributed by atoms with van der Waals surface area (Å²) in [6.07, 6.45) is 0. The van der Waals surface area contributed by atoms with Crippen molar-refractivity contribution in [2.75, 3.05) is 33.7 Å². The molecular weight excluding hydrogens is 495 g/mol. The van der Waals surface area contributed by atoms with Crippen molar-refractivity contribution in [3.63, 3.8) is 0 Å². The third-order valence-electron chi connectivity index (χ3n) is 6.74. The maximum Gasteiger partial charge on any atom is 0.236 e. The molecule has 36 heavy (non-hydrogen) atoms. The van der Waals surface area contributed by atoms with Crippen LogP contribution in [0.2, 0.25) is 10.0 Å². The predicted molar refractivity (Wildman–Crippen MR) is 143 cm³/mol. The molecule has 0 aliphatic carbocycles. The SMILES string of the molecule is CN(C)C(=O)CN1C[C@H](C(=O)c2ccccc2)C(c2cc(Cl)ccc2Cl)[C@@H](C(=O)c2ccccc2)C1. The van der Waals surface area contributed by atoms with E-state index >= 15 is 0 Å². The van der Waals surface area contributed by atoms with Gasteiger partial charge in [-0.05, 0) is 23.8 Å². The number of Topliss-reactive ketones (excluding diaryl/α,β-unsaturated/α-hetero) is 2. The highest BCUT2D eigenvalue weighted by Crippen LogP contribution is 2.44. The number of rotatable bonds is 7. The number of ketones is 2. The highest BCUT2D eigenvalue weighted by molar-refractivity contribution is 6.33. The Morgan fingerprint density at radius 2 is 1.31 bits per heavy atom. The van der Waals surface area contributed by atoms with E-state index in [0.717, 1.165) is 0 Å². The van der Waals surface area contributed by atoms with Gasteiger partial charge in [0.15, 0.2) is 11.6 Å². The summed E-state index contributed by atoms with van der Waals surface area (Å²) in [5.41, 5.74) is 1.78. The maximum atomic E-state index is 13.9. The summed E-state index contributed by atoms with van der Waals surface area (Å²) in [4.78, 5) is 43.9. The number of carbonyl (C=O) groups is 3. The van der Waals surface area contributed by atoms with E-state index in [1.54, 1.807) is 56.6 Å². The van der Waals surface area contributed by atoms with E-state index in [4.69, 9.17) is 23.2 Å². The summed E-state index contributed by atoms with van der Waals surface area (Å²) in [7, 11) is 3.39. The van der Waals surface area contributed by atoms with Gasteiger partial charge in [0.1, 0.15) is 0 Å². The zero-order valence-electron chi connectivity index (χ0n) is 20.2. The second-order valence-electron chi connectivity index (χ2n) is 9.35. The Kier molecular flexibility index (Phi) is 8.24. The van der Waals surface area contributed by atoms with Crippen LogP contribution in [0, 0.1) is 11.8 Å². The number of piperidine rings is 1.